The van der Waals surface area contributed by atoms with Gasteiger partial charge >= 0.3 is 5.97 Å². The summed E-state index contributed by atoms with van der Waals surface area (Å²) in [5.41, 5.74) is 1.93. The van der Waals surface area contributed by atoms with E-state index in [0.717, 1.165) is 42.3 Å². The molecule has 2 aromatic rings. The van der Waals surface area contributed by atoms with Gasteiger partial charge in [0.05, 0.1) is 11.1 Å². The molecule has 0 unspecified atom stereocenters. The summed E-state index contributed by atoms with van der Waals surface area (Å²) >= 11 is 0. The number of pyridine rings is 1. The van der Waals surface area contributed by atoms with Crippen LogP contribution in [0.1, 0.15) is 61.5 Å². The van der Waals surface area contributed by atoms with Crippen molar-refractivity contribution in [2.24, 2.45) is 0 Å². The first-order valence-electron chi connectivity index (χ1n) is 9.42. The molecule has 5 nitrogen and oxygen atoms in total. The summed E-state index contributed by atoms with van der Waals surface area (Å²) in [5, 5.41) is 3.77. The zero-order valence-corrected chi connectivity index (χ0v) is 15.5. The molecule has 3 rings (SSSR count). The lowest BCUT2D eigenvalue weighted by atomic mass is 10.1. The van der Waals surface area contributed by atoms with Gasteiger partial charge in [-0.15, -0.1) is 0 Å². The minimum Gasteiger partial charge on any atom is -0.449 e. The third kappa shape index (κ3) is 4.40. The maximum atomic E-state index is 12.6. The van der Waals surface area contributed by atoms with Gasteiger partial charge in [-0.2, -0.15) is 0 Å². The Hall–Kier alpha value is -2.43. The summed E-state index contributed by atoms with van der Waals surface area (Å²) in [4.78, 5) is 29.5. The van der Waals surface area contributed by atoms with Crippen LogP contribution in [0.25, 0.3) is 10.9 Å². The maximum absolute atomic E-state index is 12.6. The van der Waals surface area contributed by atoms with Gasteiger partial charge in [0.15, 0.2) is 6.10 Å². The van der Waals surface area contributed by atoms with Crippen LogP contribution in [0.4, 0.5) is 0 Å². The predicted molar refractivity (Wildman–Crippen MR) is 101 cm³/mol. The highest BCUT2D eigenvalue weighted by Crippen LogP contribution is 2.20. The minimum atomic E-state index is -0.821. The zero-order valence-electron chi connectivity index (χ0n) is 15.5. The first-order valence-corrected chi connectivity index (χ1v) is 9.42. The van der Waals surface area contributed by atoms with Crippen LogP contribution in [0, 0.1) is 6.92 Å². The van der Waals surface area contributed by atoms with Gasteiger partial charge in [-0.25, -0.2) is 4.79 Å². The lowest BCUT2D eigenvalue weighted by molar-refractivity contribution is -0.129. The molecule has 1 aliphatic rings. The average molecular weight is 354 g/mol. The predicted octanol–water partition coefficient (Wildman–Crippen LogP) is 3.93. The molecule has 1 saturated carbocycles. The SMILES string of the molecule is Cc1cc(C(=O)O[C@@H](C)C(=O)NC2CCCCCC2)c2ccccc2n1. The third-order valence-corrected chi connectivity index (χ3v) is 4.92. The summed E-state index contributed by atoms with van der Waals surface area (Å²) in [6.45, 7) is 3.46. The number of rotatable bonds is 4. The van der Waals surface area contributed by atoms with Gasteiger partial charge in [0.1, 0.15) is 0 Å². The Morgan fingerprint density at radius 2 is 1.85 bits per heavy atom. The fourth-order valence-corrected chi connectivity index (χ4v) is 3.50. The maximum Gasteiger partial charge on any atom is 0.339 e. The van der Waals surface area contributed by atoms with Crippen molar-refractivity contribution in [3.63, 3.8) is 0 Å². The summed E-state index contributed by atoms with van der Waals surface area (Å²) in [7, 11) is 0. The molecule has 138 valence electrons. The molecular formula is C21H26N2O3. The second kappa shape index (κ2) is 8.30. The molecule has 1 aliphatic carbocycles. The van der Waals surface area contributed by atoms with E-state index in [1.807, 2.05) is 31.2 Å². The smallest absolute Gasteiger partial charge is 0.339 e. The van der Waals surface area contributed by atoms with Gasteiger partial charge in [-0.3, -0.25) is 9.78 Å². The summed E-state index contributed by atoms with van der Waals surface area (Å²) in [6, 6.07) is 9.34. The van der Waals surface area contributed by atoms with Crippen LogP contribution in [-0.4, -0.2) is 29.0 Å². The Balaban J connectivity index is 1.68. The van der Waals surface area contributed by atoms with Gasteiger partial charge in [-0.05, 0) is 38.8 Å². The molecule has 1 aromatic heterocycles. The second-order valence-corrected chi connectivity index (χ2v) is 7.07. The molecule has 5 heteroatoms. The number of para-hydroxylation sites is 1. The molecule has 1 heterocycles. The van der Waals surface area contributed by atoms with Crippen LogP contribution in [-0.2, 0) is 9.53 Å². The van der Waals surface area contributed by atoms with Crippen molar-refractivity contribution in [3.8, 4) is 0 Å². The number of ether oxygens (including phenoxy) is 1. The van der Waals surface area contributed by atoms with E-state index in [4.69, 9.17) is 4.74 Å². The van der Waals surface area contributed by atoms with E-state index in [1.165, 1.54) is 12.8 Å². The number of carbonyl (C=O) groups is 2. The van der Waals surface area contributed by atoms with E-state index < -0.39 is 12.1 Å². The summed E-state index contributed by atoms with van der Waals surface area (Å²) < 4.78 is 5.46. The van der Waals surface area contributed by atoms with E-state index >= 15 is 0 Å². The third-order valence-electron chi connectivity index (χ3n) is 4.92. The van der Waals surface area contributed by atoms with E-state index in [0.29, 0.717) is 5.56 Å². The molecule has 0 spiro atoms. The van der Waals surface area contributed by atoms with Gasteiger partial charge < -0.3 is 10.1 Å². The van der Waals surface area contributed by atoms with Crippen molar-refractivity contribution in [2.75, 3.05) is 0 Å². The molecule has 26 heavy (non-hydrogen) atoms. The highest BCUT2D eigenvalue weighted by Gasteiger charge is 2.23. The molecule has 1 N–H and O–H groups in total. The molecule has 0 saturated heterocycles. The number of aromatic nitrogens is 1. The normalized spacial score (nSPS) is 16.7. The fourth-order valence-electron chi connectivity index (χ4n) is 3.50. The van der Waals surface area contributed by atoms with Gasteiger partial charge in [0.25, 0.3) is 5.91 Å². The van der Waals surface area contributed by atoms with Crippen LogP contribution in [0.5, 0.6) is 0 Å². The molecule has 1 fully saturated rings. The number of carbonyl (C=O) groups excluding carboxylic acids is 2. The molecule has 0 bridgehead atoms. The molecule has 0 aliphatic heterocycles. The number of amides is 1. The first-order chi connectivity index (χ1) is 12.5. The summed E-state index contributed by atoms with van der Waals surface area (Å²) in [6.07, 6.45) is 5.92. The Labute approximate surface area is 154 Å². The largest absolute Gasteiger partial charge is 0.449 e. The standard InChI is InChI=1S/C21H26N2O3/c1-14-13-18(17-11-7-8-12-19(17)22-14)21(25)26-15(2)20(24)23-16-9-5-3-4-6-10-16/h7-8,11-13,15-16H,3-6,9-10H2,1-2H3,(H,23,24)/t15-/m0/s1. The Morgan fingerprint density at radius 1 is 1.15 bits per heavy atom. The van der Waals surface area contributed by atoms with Crippen LogP contribution < -0.4 is 5.32 Å². The van der Waals surface area contributed by atoms with E-state index in [-0.39, 0.29) is 11.9 Å². The van der Waals surface area contributed by atoms with Crippen LogP contribution in [0.3, 0.4) is 0 Å². The van der Waals surface area contributed by atoms with Crippen molar-refractivity contribution in [1.82, 2.24) is 10.3 Å². The zero-order chi connectivity index (χ0) is 18.5. The van der Waals surface area contributed by atoms with Gasteiger partial charge in [0.2, 0.25) is 0 Å². The Morgan fingerprint density at radius 3 is 2.58 bits per heavy atom. The quantitative estimate of drug-likeness (QED) is 0.667. The highest BCUT2D eigenvalue weighted by atomic mass is 16.5. The minimum absolute atomic E-state index is 0.190. The molecular weight excluding hydrogens is 328 g/mol. The van der Waals surface area contributed by atoms with Crippen LogP contribution in [0.15, 0.2) is 30.3 Å². The van der Waals surface area contributed by atoms with Crippen LogP contribution >= 0.6 is 0 Å². The Kier molecular flexibility index (Phi) is 5.86. The number of esters is 1. The number of fused-ring (bicyclic) bond motifs is 1. The molecule has 1 atom stereocenters. The molecule has 1 amide bonds. The number of aryl methyl sites for hydroxylation is 1. The first kappa shape index (κ1) is 18.4. The monoisotopic (exact) mass is 354 g/mol. The van der Waals surface area contributed by atoms with E-state index in [9.17, 15) is 9.59 Å². The molecule has 0 radical (unpaired) electrons. The number of hydrogen-bond acceptors (Lipinski definition) is 4. The number of benzene rings is 1. The fraction of sp³-hybridized carbons (Fsp3) is 0.476. The second-order valence-electron chi connectivity index (χ2n) is 7.07. The molecule has 1 aromatic carbocycles. The van der Waals surface area contributed by atoms with Crippen molar-refractivity contribution in [3.05, 3.63) is 41.6 Å². The lowest BCUT2D eigenvalue weighted by Crippen LogP contribution is -2.41. The summed E-state index contributed by atoms with van der Waals surface area (Å²) in [5.74, 6) is -0.712. The van der Waals surface area contributed by atoms with E-state index in [1.54, 1.807) is 13.0 Å². The van der Waals surface area contributed by atoms with E-state index in [2.05, 4.69) is 10.3 Å². The van der Waals surface area contributed by atoms with Gasteiger partial charge in [0, 0.05) is 17.1 Å². The Bertz CT molecular complexity index is 795. The van der Waals surface area contributed by atoms with Crippen LogP contribution in [0.2, 0.25) is 0 Å². The lowest BCUT2D eigenvalue weighted by Gasteiger charge is -2.20. The number of hydrogen-bond donors (Lipinski definition) is 1. The topological polar surface area (TPSA) is 68.3 Å². The number of nitrogens with zero attached hydrogens (tertiary/aromatic N) is 1. The van der Waals surface area contributed by atoms with Crippen molar-refractivity contribution in [1.29, 1.82) is 0 Å². The van der Waals surface area contributed by atoms with Gasteiger partial charge in [-0.1, -0.05) is 43.9 Å². The highest BCUT2D eigenvalue weighted by molar-refractivity contribution is 6.04. The van der Waals surface area contributed by atoms with Crippen molar-refractivity contribution >= 4 is 22.8 Å². The number of nitrogens with one attached hydrogen (secondary N) is 1. The van der Waals surface area contributed by atoms with Crippen molar-refractivity contribution in [2.45, 2.75) is 64.5 Å². The average Bonchev–Trinajstić information content (AvgIpc) is 2.89. The van der Waals surface area contributed by atoms with Crippen molar-refractivity contribution < 1.29 is 14.3 Å².